The van der Waals surface area contributed by atoms with Gasteiger partial charge in [0.05, 0.1) is 22.9 Å². The van der Waals surface area contributed by atoms with Gasteiger partial charge in [-0.3, -0.25) is 4.68 Å². The molecule has 0 radical (unpaired) electrons. The van der Waals surface area contributed by atoms with Crippen LogP contribution in [-0.4, -0.2) is 47.9 Å². The second-order valence-electron chi connectivity index (χ2n) is 5.96. The topological polar surface area (TPSA) is 33.1 Å². The molecule has 20 heavy (non-hydrogen) atoms. The van der Waals surface area contributed by atoms with Crippen molar-refractivity contribution in [3.8, 4) is 0 Å². The lowest BCUT2D eigenvalue weighted by Crippen LogP contribution is -2.38. The predicted molar refractivity (Wildman–Crippen MR) is 87.2 cm³/mol. The molecule has 0 amide bonds. The van der Waals surface area contributed by atoms with Gasteiger partial charge in [0.15, 0.2) is 0 Å². The Balaban J connectivity index is 2.18. The van der Waals surface area contributed by atoms with Gasteiger partial charge in [-0.05, 0) is 49.4 Å². The molecular weight excluding hydrogens is 316 g/mol. The van der Waals surface area contributed by atoms with E-state index in [4.69, 9.17) is 0 Å². The molecule has 0 saturated heterocycles. The van der Waals surface area contributed by atoms with Crippen molar-refractivity contribution in [2.24, 2.45) is 0 Å². The summed E-state index contributed by atoms with van der Waals surface area (Å²) in [5.41, 5.74) is 1.39. The van der Waals surface area contributed by atoms with Crippen LogP contribution in [0.3, 0.4) is 0 Å². The molecule has 1 aromatic heterocycles. The lowest BCUT2D eigenvalue weighted by Gasteiger charge is -2.33. The summed E-state index contributed by atoms with van der Waals surface area (Å²) < 4.78 is 3.37. The highest BCUT2D eigenvalue weighted by Gasteiger charge is 2.30. The van der Waals surface area contributed by atoms with E-state index < -0.39 is 0 Å². The van der Waals surface area contributed by atoms with Gasteiger partial charge in [-0.25, -0.2) is 0 Å². The minimum atomic E-state index is 0.586. The number of aromatic nitrogens is 2. The molecule has 0 bridgehead atoms. The third-order valence-corrected chi connectivity index (χ3v) is 4.79. The standard InChI is InChI=1S/C15H27BrN4/c1-4-17-14-8-6-5-7-12(14)15-13(16)11-18-20(15)10-9-19(2)3/h11-12,14,17H,4-10H2,1-3H3. The molecule has 1 fully saturated rings. The number of hydrogen-bond acceptors (Lipinski definition) is 3. The first kappa shape index (κ1) is 16.0. The quantitative estimate of drug-likeness (QED) is 0.862. The maximum Gasteiger partial charge on any atom is 0.0635 e. The molecule has 0 aromatic carbocycles. The van der Waals surface area contributed by atoms with Crippen molar-refractivity contribution in [3.63, 3.8) is 0 Å². The molecule has 1 aliphatic carbocycles. The largest absolute Gasteiger partial charge is 0.314 e. The van der Waals surface area contributed by atoms with E-state index in [1.807, 2.05) is 6.20 Å². The molecule has 5 heteroatoms. The van der Waals surface area contributed by atoms with Crippen molar-refractivity contribution >= 4 is 15.9 Å². The van der Waals surface area contributed by atoms with Crippen LogP contribution in [0.5, 0.6) is 0 Å². The molecule has 2 rings (SSSR count). The van der Waals surface area contributed by atoms with Gasteiger partial charge < -0.3 is 10.2 Å². The number of nitrogens with one attached hydrogen (secondary N) is 1. The fourth-order valence-corrected chi connectivity index (χ4v) is 3.77. The third kappa shape index (κ3) is 3.83. The molecule has 1 aliphatic rings. The molecule has 1 aromatic rings. The van der Waals surface area contributed by atoms with E-state index >= 15 is 0 Å². The second kappa shape index (κ2) is 7.57. The summed E-state index contributed by atoms with van der Waals surface area (Å²) in [4.78, 5) is 2.21. The van der Waals surface area contributed by atoms with Gasteiger partial charge in [0.1, 0.15) is 0 Å². The van der Waals surface area contributed by atoms with Gasteiger partial charge in [0.2, 0.25) is 0 Å². The second-order valence-corrected chi connectivity index (χ2v) is 6.81. The molecule has 2 unspecified atom stereocenters. The van der Waals surface area contributed by atoms with Gasteiger partial charge >= 0.3 is 0 Å². The smallest absolute Gasteiger partial charge is 0.0635 e. The number of nitrogens with zero attached hydrogens (tertiary/aromatic N) is 3. The summed E-state index contributed by atoms with van der Waals surface area (Å²) in [7, 11) is 4.22. The van der Waals surface area contributed by atoms with Crippen LogP contribution in [0.15, 0.2) is 10.7 Å². The third-order valence-electron chi connectivity index (χ3n) is 4.18. The van der Waals surface area contributed by atoms with Crippen molar-refractivity contribution in [1.82, 2.24) is 20.0 Å². The van der Waals surface area contributed by atoms with Gasteiger partial charge in [0, 0.05) is 18.5 Å². The Morgan fingerprint density at radius 3 is 2.85 bits per heavy atom. The Labute approximate surface area is 131 Å². The van der Waals surface area contributed by atoms with Crippen LogP contribution >= 0.6 is 15.9 Å². The molecule has 2 atom stereocenters. The molecule has 1 saturated carbocycles. The van der Waals surface area contributed by atoms with E-state index in [0.717, 1.165) is 19.6 Å². The van der Waals surface area contributed by atoms with Gasteiger partial charge in [0.25, 0.3) is 0 Å². The highest BCUT2D eigenvalue weighted by atomic mass is 79.9. The van der Waals surface area contributed by atoms with Crippen LogP contribution in [0.4, 0.5) is 0 Å². The van der Waals surface area contributed by atoms with Gasteiger partial charge in [-0.15, -0.1) is 0 Å². The Kier molecular flexibility index (Phi) is 6.05. The highest BCUT2D eigenvalue weighted by Crippen LogP contribution is 2.36. The molecule has 1 N–H and O–H groups in total. The van der Waals surface area contributed by atoms with E-state index in [0.29, 0.717) is 12.0 Å². The zero-order chi connectivity index (χ0) is 14.5. The van der Waals surface area contributed by atoms with Crippen LogP contribution in [-0.2, 0) is 6.54 Å². The number of halogens is 1. The average molecular weight is 343 g/mol. The van der Waals surface area contributed by atoms with Crippen LogP contribution < -0.4 is 5.32 Å². The minimum Gasteiger partial charge on any atom is -0.314 e. The molecular formula is C15H27BrN4. The van der Waals surface area contributed by atoms with E-state index in [1.165, 1.54) is 35.8 Å². The number of likely N-dealkylation sites (N-methyl/N-ethyl adjacent to an activating group) is 2. The van der Waals surface area contributed by atoms with Crippen molar-refractivity contribution < 1.29 is 0 Å². The number of hydrogen-bond donors (Lipinski definition) is 1. The Hall–Kier alpha value is -0.390. The Morgan fingerprint density at radius 1 is 1.40 bits per heavy atom. The Morgan fingerprint density at radius 2 is 2.15 bits per heavy atom. The monoisotopic (exact) mass is 342 g/mol. The maximum absolute atomic E-state index is 4.57. The summed E-state index contributed by atoms with van der Waals surface area (Å²) in [6.07, 6.45) is 7.19. The molecule has 0 spiro atoms. The first-order valence-corrected chi connectivity index (χ1v) is 8.52. The van der Waals surface area contributed by atoms with Gasteiger partial charge in [-0.1, -0.05) is 19.8 Å². The first-order valence-electron chi connectivity index (χ1n) is 7.72. The zero-order valence-corrected chi connectivity index (χ0v) is 14.5. The SMILES string of the molecule is CCNC1CCCCC1c1c(Br)cnn1CCN(C)C. The molecule has 4 nitrogen and oxygen atoms in total. The van der Waals surface area contributed by atoms with Crippen molar-refractivity contribution in [2.75, 3.05) is 27.2 Å². The van der Waals surface area contributed by atoms with Crippen LogP contribution in [0.2, 0.25) is 0 Å². The first-order chi connectivity index (χ1) is 9.63. The summed E-state index contributed by atoms with van der Waals surface area (Å²) in [5.74, 6) is 0.586. The summed E-state index contributed by atoms with van der Waals surface area (Å²) in [6.45, 7) is 5.23. The summed E-state index contributed by atoms with van der Waals surface area (Å²) >= 11 is 3.71. The molecule has 0 aliphatic heterocycles. The Bertz CT molecular complexity index is 414. The van der Waals surface area contributed by atoms with Crippen molar-refractivity contribution in [2.45, 2.75) is 51.1 Å². The van der Waals surface area contributed by atoms with E-state index in [1.54, 1.807) is 0 Å². The summed E-state index contributed by atoms with van der Waals surface area (Å²) in [5, 5.41) is 8.24. The highest BCUT2D eigenvalue weighted by molar-refractivity contribution is 9.10. The maximum atomic E-state index is 4.57. The van der Waals surface area contributed by atoms with E-state index in [2.05, 4.69) is 56.9 Å². The predicted octanol–water partition coefficient (Wildman–Crippen LogP) is 2.84. The fourth-order valence-electron chi connectivity index (χ4n) is 3.18. The van der Waals surface area contributed by atoms with E-state index in [9.17, 15) is 0 Å². The fraction of sp³-hybridized carbons (Fsp3) is 0.800. The molecule has 114 valence electrons. The van der Waals surface area contributed by atoms with Crippen LogP contribution in [0, 0.1) is 0 Å². The summed E-state index contributed by atoms with van der Waals surface area (Å²) in [6, 6.07) is 0.597. The molecule has 1 heterocycles. The zero-order valence-electron chi connectivity index (χ0n) is 12.9. The lowest BCUT2D eigenvalue weighted by atomic mass is 9.82. The van der Waals surface area contributed by atoms with Crippen LogP contribution in [0.1, 0.15) is 44.2 Å². The van der Waals surface area contributed by atoms with E-state index in [-0.39, 0.29) is 0 Å². The lowest BCUT2D eigenvalue weighted by molar-refractivity contribution is 0.308. The van der Waals surface area contributed by atoms with Gasteiger partial charge in [-0.2, -0.15) is 5.10 Å². The minimum absolute atomic E-state index is 0.586. The normalized spacial score (nSPS) is 23.4. The van der Waals surface area contributed by atoms with Crippen molar-refractivity contribution in [3.05, 3.63) is 16.4 Å². The van der Waals surface area contributed by atoms with Crippen molar-refractivity contribution in [1.29, 1.82) is 0 Å². The van der Waals surface area contributed by atoms with Crippen LogP contribution in [0.25, 0.3) is 0 Å². The number of rotatable bonds is 6. The average Bonchev–Trinajstić information content (AvgIpc) is 2.79.